The molecule has 0 saturated carbocycles. The molecule has 1 N–H and O–H groups in total. The van der Waals surface area contributed by atoms with Crippen LogP contribution in [0.25, 0.3) is 21.9 Å². The van der Waals surface area contributed by atoms with Crippen molar-refractivity contribution in [2.75, 3.05) is 0 Å². The Bertz CT molecular complexity index is 885. The molecule has 3 rings (SSSR count). The minimum absolute atomic E-state index is 0.0493. The Balaban J connectivity index is 2.59. The summed E-state index contributed by atoms with van der Waals surface area (Å²) in [5.74, 6) is 0. The summed E-state index contributed by atoms with van der Waals surface area (Å²) >= 11 is 0. The number of H-pyrrole nitrogens is 1. The van der Waals surface area contributed by atoms with Crippen molar-refractivity contribution in [3.63, 3.8) is 0 Å². The molecule has 0 radical (unpaired) electrons. The van der Waals surface area contributed by atoms with E-state index in [1.54, 1.807) is 21.3 Å². The molecule has 6 nitrogen and oxygen atoms in total. The van der Waals surface area contributed by atoms with E-state index < -0.39 is 0 Å². The SMILES string of the molecule is CCn1c(=O)n(CC)c2cc3c(=O)[nH]cnc3cc21. The lowest BCUT2D eigenvalue weighted by atomic mass is 10.2. The van der Waals surface area contributed by atoms with E-state index in [-0.39, 0.29) is 11.2 Å². The zero-order valence-electron chi connectivity index (χ0n) is 10.8. The molecule has 0 aliphatic heterocycles. The second-order valence-corrected chi connectivity index (χ2v) is 4.36. The van der Waals surface area contributed by atoms with Crippen molar-refractivity contribution in [2.24, 2.45) is 0 Å². The van der Waals surface area contributed by atoms with Crippen LogP contribution >= 0.6 is 0 Å². The third kappa shape index (κ3) is 1.53. The van der Waals surface area contributed by atoms with Crippen LogP contribution in [-0.4, -0.2) is 19.1 Å². The van der Waals surface area contributed by atoms with Crippen molar-refractivity contribution >= 4 is 21.9 Å². The van der Waals surface area contributed by atoms with Crippen LogP contribution in [0.3, 0.4) is 0 Å². The van der Waals surface area contributed by atoms with Crippen LogP contribution in [-0.2, 0) is 13.1 Å². The van der Waals surface area contributed by atoms with E-state index in [9.17, 15) is 9.59 Å². The number of nitrogens with zero attached hydrogens (tertiary/aromatic N) is 3. The Labute approximate surface area is 108 Å². The fourth-order valence-electron chi connectivity index (χ4n) is 2.49. The lowest BCUT2D eigenvalue weighted by molar-refractivity contribution is 0.671. The fraction of sp³-hybridized carbons (Fsp3) is 0.308. The lowest BCUT2D eigenvalue weighted by Gasteiger charge is -2.00. The van der Waals surface area contributed by atoms with E-state index >= 15 is 0 Å². The summed E-state index contributed by atoms with van der Waals surface area (Å²) in [6.45, 7) is 5.01. The first kappa shape index (κ1) is 11.7. The van der Waals surface area contributed by atoms with E-state index in [4.69, 9.17) is 0 Å². The van der Waals surface area contributed by atoms with Crippen LogP contribution in [0.2, 0.25) is 0 Å². The number of aromatic nitrogens is 4. The molecule has 2 aromatic heterocycles. The highest BCUT2D eigenvalue weighted by Crippen LogP contribution is 2.18. The van der Waals surface area contributed by atoms with E-state index in [2.05, 4.69) is 9.97 Å². The third-order valence-corrected chi connectivity index (χ3v) is 3.41. The Morgan fingerprint density at radius 2 is 1.74 bits per heavy atom. The molecule has 0 aliphatic carbocycles. The molecular formula is C13H14N4O2. The summed E-state index contributed by atoms with van der Waals surface area (Å²) in [5, 5.41) is 0.505. The summed E-state index contributed by atoms with van der Waals surface area (Å²) in [6, 6.07) is 3.55. The quantitative estimate of drug-likeness (QED) is 0.747. The molecule has 1 aromatic carbocycles. The van der Waals surface area contributed by atoms with Gasteiger partial charge in [0, 0.05) is 13.1 Å². The molecule has 0 aliphatic rings. The Morgan fingerprint density at radius 1 is 1.11 bits per heavy atom. The van der Waals surface area contributed by atoms with Gasteiger partial charge in [0.05, 0.1) is 28.3 Å². The summed E-state index contributed by atoms with van der Waals surface area (Å²) in [7, 11) is 0. The van der Waals surface area contributed by atoms with E-state index in [1.807, 2.05) is 13.8 Å². The molecule has 6 heteroatoms. The molecule has 0 amide bonds. The predicted octanol–water partition coefficient (Wildman–Crippen LogP) is 1.08. The number of rotatable bonds is 2. The molecule has 3 aromatic rings. The molecule has 0 saturated heterocycles. The van der Waals surface area contributed by atoms with Gasteiger partial charge in [0.2, 0.25) is 0 Å². The largest absolute Gasteiger partial charge is 0.329 e. The maximum Gasteiger partial charge on any atom is 0.329 e. The normalized spacial score (nSPS) is 11.5. The molecule has 0 bridgehead atoms. The third-order valence-electron chi connectivity index (χ3n) is 3.41. The van der Waals surface area contributed by atoms with Crippen LogP contribution in [0, 0.1) is 0 Å². The van der Waals surface area contributed by atoms with Gasteiger partial charge in [-0.2, -0.15) is 0 Å². The fourth-order valence-corrected chi connectivity index (χ4v) is 2.49. The van der Waals surface area contributed by atoms with Gasteiger partial charge in [0.15, 0.2) is 0 Å². The topological polar surface area (TPSA) is 72.7 Å². The molecule has 0 atom stereocenters. The minimum atomic E-state index is -0.189. The maximum absolute atomic E-state index is 12.2. The van der Waals surface area contributed by atoms with Gasteiger partial charge in [-0.3, -0.25) is 13.9 Å². The van der Waals surface area contributed by atoms with Crippen LogP contribution in [0.15, 0.2) is 28.0 Å². The number of aromatic amines is 1. The van der Waals surface area contributed by atoms with Crippen molar-refractivity contribution in [2.45, 2.75) is 26.9 Å². The first-order valence-electron chi connectivity index (χ1n) is 6.27. The van der Waals surface area contributed by atoms with Crippen molar-refractivity contribution in [3.8, 4) is 0 Å². The number of fused-ring (bicyclic) bond motifs is 2. The number of benzene rings is 1. The number of hydrogen-bond donors (Lipinski definition) is 1. The summed E-state index contributed by atoms with van der Waals surface area (Å²) in [5.41, 5.74) is 1.96. The summed E-state index contributed by atoms with van der Waals surface area (Å²) in [6.07, 6.45) is 1.38. The van der Waals surface area contributed by atoms with Gasteiger partial charge in [0.1, 0.15) is 0 Å². The number of imidazole rings is 1. The molecule has 0 fully saturated rings. The highest BCUT2D eigenvalue weighted by Gasteiger charge is 2.13. The summed E-state index contributed by atoms with van der Waals surface area (Å²) in [4.78, 5) is 30.7. The van der Waals surface area contributed by atoms with Crippen molar-refractivity contribution < 1.29 is 0 Å². The van der Waals surface area contributed by atoms with Crippen LogP contribution < -0.4 is 11.2 Å². The van der Waals surface area contributed by atoms with E-state index in [0.717, 1.165) is 11.0 Å². The molecule has 2 heterocycles. The Hall–Kier alpha value is -2.37. The monoisotopic (exact) mass is 258 g/mol. The molecule has 98 valence electrons. The van der Waals surface area contributed by atoms with Gasteiger partial charge < -0.3 is 4.98 Å². The van der Waals surface area contributed by atoms with E-state index in [0.29, 0.717) is 24.0 Å². The Morgan fingerprint density at radius 3 is 2.37 bits per heavy atom. The highest BCUT2D eigenvalue weighted by atomic mass is 16.1. The average Bonchev–Trinajstić information content (AvgIpc) is 2.67. The van der Waals surface area contributed by atoms with Gasteiger partial charge >= 0.3 is 5.69 Å². The predicted molar refractivity (Wildman–Crippen MR) is 73.5 cm³/mol. The molecular weight excluding hydrogens is 244 g/mol. The van der Waals surface area contributed by atoms with Crippen LogP contribution in [0.5, 0.6) is 0 Å². The van der Waals surface area contributed by atoms with Gasteiger partial charge in [-0.25, -0.2) is 9.78 Å². The maximum atomic E-state index is 12.2. The zero-order chi connectivity index (χ0) is 13.6. The highest BCUT2D eigenvalue weighted by molar-refractivity contribution is 5.92. The number of hydrogen-bond acceptors (Lipinski definition) is 3. The minimum Gasteiger partial charge on any atom is -0.313 e. The first-order chi connectivity index (χ1) is 9.17. The standard InChI is InChI=1S/C13H14N4O2/c1-3-16-10-5-8-9(14-7-15-12(8)18)6-11(10)17(4-2)13(16)19/h5-7H,3-4H2,1-2H3,(H,14,15,18). The lowest BCUT2D eigenvalue weighted by Crippen LogP contribution is -2.23. The second-order valence-electron chi connectivity index (χ2n) is 4.36. The zero-order valence-corrected chi connectivity index (χ0v) is 10.8. The molecule has 0 spiro atoms. The first-order valence-corrected chi connectivity index (χ1v) is 6.27. The van der Waals surface area contributed by atoms with Gasteiger partial charge in [-0.1, -0.05) is 0 Å². The number of nitrogens with one attached hydrogen (secondary N) is 1. The molecule has 19 heavy (non-hydrogen) atoms. The van der Waals surface area contributed by atoms with Gasteiger partial charge in [-0.05, 0) is 26.0 Å². The number of aryl methyl sites for hydroxylation is 2. The second kappa shape index (κ2) is 4.08. The van der Waals surface area contributed by atoms with Crippen molar-refractivity contribution in [1.29, 1.82) is 0 Å². The average molecular weight is 258 g/mol. The van der Waals surface area contributed by atoms with Crippen LogP contribution in [0.1, 0.15) is 13.8 Å². The van der Waals surface area contributed by atoms with Crippen LogP contribution in [0.4, 0.5) is 0 Å². The van der Waals surface area contributed by atoms with E-state index in [1.165, 1.54) is 6.33 Å². The van der Waals surface area contributed by atoms with Gasteiger partial charge in [-0.15, -0.1) is 0 Å². The van der Waals surface area contributed by atoms with Gasteiger partial charge in [0.25, 0.3) is 5.56 Å². The Kier molecular flexibility index (Phi) is 2.51. The summed E-state index contributed by atoms with van der Waals surface area (Å²) < 4.78 is 3.37. The molecule has 0 unspecified atom stereocenters. The van der Waals surface area contributed by atoms with Crippen molar-refractivity contribution in [3.05, 3.63) is 39.3 Å². The van der Waals surface area contributed by atoms with Crippen molar-refractivity contribution in [1.82, 2.24) is 19.1 Å². The smallest absolute Gasteiger partial charge is 0.313 e.